The van der Waals surface area contributed by atoms with Crippen molar-refractivity contribution in [3.05, 3.63) is 150 Å². The Bertz CT molecular complexity index is 1390. The molecular weight excluding hydrogens is 537 g/mol. The molecule has 5 nitrogen and oxygen atoms in total. The molecule has 1 unspecified atom stereocenters. The van der Waals surface area contributed by atoms with Crippen LogP contribution in [0.3, 0.4) is 0 Å². The van der Waals surface area contributed by atoms with Crippen LogP contribution in [0.4, 0.5) is 0 Å². The van der Waals surface area contributed by atoms with Crippen LogP contribution >= 0.6 is 12.6 Å². The minimum absolute atomic E-state index is 0.102. The van der Waals surface area contributed by atoms with E-state index in [1.165, 1.54) is 16.7 Å². The number of hydrogen-bond acceptors (Lipinski definition) is 5. The highest BCUT2D eigenvalue weighted by atomic mass is 32.2. The highest BCUT2D eigenvalue weighted by Crippen LogP contribution is 2.28. The SMILES string of the molecule is C=C(C1=CC=CC=CC1)c1cccc(CC(N)CS)c1.N[C@H](CS(=O)(=O)O)C(c1ccccc1)c1ccccc1. The fourth-order valence-corrected chi connectivity index (χ4v) is 5.39. The Balaban J connectivity index is 0.000000220. The molecule has 1 aliphatic carbocycles. The standard InChI is InChI=1S/C18H21NS.C15H17NO3S/c1-14(16-8-4-2-3-5-9-16)17-10-6-7-15(11-17)12-18(19)13-20;16-14(11-20(17,18)19)15(12-7-3-1-4-8-12)13-9-5-2-6-10-13/h2-8,10-11,18,20H,1,9,12-13,19H2;1-10,14-15H,11,16H2,(H,17,18,19)/t;14-/m.1/s1. The molecular formula is C33H38N2O3S2. The van der Waals surface area contributed by atoms with Crippen molar-refractivity contribution < 1.29 is 13.0 Å². The summed E-state index contributed by atoms with van der Waals surface area (Å²) in [5.41, 5.74) is 18.6. The maximum atomic E-state index is 11.1. The van der Waals surface area contributed by atoms with Gasteiger partial charge in [-0.1, -0.05) is 122 Å². The summed E-state index contributed by atoms with van der Waals surface area (Å²) in [5, 5.41) is 0. The van der Waals surface area contributed by atoms with Gasteiger partial charge in [-0.2, -0.15) is 21.0 Å². The van der Waals surface area contributed by atoms with Gasteiger partial charge in [-0.25, -0.2) is 0 Å². The lowest BCUT2D eigenvalue weighted by molar-refractivity contribution is 0.472. The van der Waals surface area contributed by atoms with Crippen molar-refractivity contribution in [1.29, 1.82) is 0 Å². The molecule has 0 saturated heterocycles. The smallest absolute Gasteiger partial charge is 0.266 e. The van der Waals surface area contributed by atoms with Crippen molar-refractivity contribution >= 4 is 28.3 Å². The normalized spacial score (nSPS) is 14.5. The van der Waals surface area contributed by atoms with Crippen LogP contribution in [0.25, 0.3) is 5.57 Å². The minimum atomic E-state index is -4.11. The molecule has 3 aromatic rings. The van der Waals surface area contributed by atoms with Crippen molar-refractivity contribution in [3.8, 4) is 0 Å². The first kappa shape index (κ1) is 31.3. The first-order chi connectivity index (χ1) is 19.2. The molecule has 3 aromatic carbocycles. The first-order valence-corrected chi connectivity index (χ1v) is 15.4. The highest BCUT2D eigenvalue weighted by Gasteiger charge is 2.25. The molecule has 7 heteroatoms. The van der Waals surface area contributed by atoms with E-state index in [4.69, 9.17) is 16.0 Å². The molecule has 0 radical (unpaired) electrons. The molecule has 0 bridgehead atoms. The Morgan fingerprint density at radius 3 is 2.10 bits per heavy atom. The number of thiol groups is 1. The third kappa shape index (κ3) is 10.1. The van der Waals surface area contributed by atoms with Crippen molar-refractivity contribution in [3.63, 3.8) is 0 Å². The lowest BCUT2D eigenvalue weighted by atomic mass is 9.86. The minimum Gasteiger partial charge on any atom is -0.327 e. The van der Waals surface area contributed by atoms with Crippen LogP contribution in [0.15, 0.2) is 127 Å². The van der Waals surface area contributed by atoms with Crippen molar-refractivity contribution in [2.75, 3.05) is 11.5 Å². The molecule has 0 aliphatic heterocycles. The van der Waals surface area contributed by atoms with Gasteiger partial charge in [0.05, 0.1) is 5.75 Å². The van der Waals surface area contributed by atoms with Gasteiger partial charge >= 0.3 is 0 Å². The number of allylic oxidation sites excluding steroid dienone is 7. The summed E-state index contributed by atoms with van der Waals surface area (Å²) in [7, 11) is -4.11. The Hall–Kier alpha value is -3.20. The van der Waals surface area contributed by atoms with Crippen LogP contribution < -0.4 is 11.5 Å². The fraction of sp³-hybridized carbons (Fsp3) is 0.212. The second-order valence-corrected chi connectivity index (χ2v) is 11.6. The molecule has 5 N–H and O–H groups in total. The van der Waals surface area contributed by atoms with E-state index in [-0.39, 0.29) is 12.0 Å². The van der Waals surface area contributed by atoms with Gasteiger partial charge in [0.15, 0.2) is 0 Å². The van der Waals surface area contributed by atoms with E-state index in [2.05, 4.69) is 67.8 Å². The second-order valence-electron chi connectivity index (χ2n) is 9.75. The summed E-state index contributed by atoms with van der Waals surface area (Å²) < 4.78 is 31.2. The van der Waals surface area contributed by atoms with Gasteiger partial charge in [-0.05, 0) is 46.2 Å². The topological polar surface area (TPSA) is 106 Å². The maximum Gasteiger partial charge on any atom is 0.266 e. The van der Waals surface area contributed by atoms with Crippen molar-refractivity contribution in [1.82, 2.24) is 0 Å². The lowest BCUT2D eigenvalue weighted by Crippen LogP contribution is -2.36. The molecule has 0 heterocycles. The number of hydrogen-bond donors (Lipinski definition) is 4. The molecule has 0 saturated carbocycles. The third-order valence-corrected chi connectivity index (χ3v) is 7.81. The van der Waals surface area contributed by atoms with E-state index < -0.39 is 21.9 Å². The molecule has 0 aromatic heterocycles. The molecule has 0 fully saturated rings. The van der Waals surface area contributed by atoms with E-state index in [9.17, 15) is 8.42 Å². The second kappa shape index (κ2) is 15.6. The molecule has 40 heavy (non-hydrogen) atoms. The Kier molecular flexibility index (Phi) is 12.2. The zero-order valence-electron chi connectivity index (χ0n) is 22.5. The number of rotatable bonds is 10. The third-order valence-electron chi connectivity index (χ3n) is 6.54. The molecule has 210 valence electrons. The highest BCUT2D eigenvalue weighted by molar-refractivity contribution is 7.85. The molecule has 1 aliphatic rings. The number of nitrogens with two attached hydrogens (primary N) is 2. The van der Waals surface area contributed by atoms with Crippen LogP contribution in [-0.4, -0.2) is 36.6 Å². The summed E-state index contributed by atoms with van der Waals surface area (Å²) in [6.45, 7) is 4.25. The van der Waals surface area contributed by atoms with Gasteiger partial charge in [0.1, 0.15) is 0 Å². The van der Waals surface area contributed by atoms with Crippen LogP contribution in [0.2, 0.25) is 0 Å². The van der Waals surface area contributed by atoms with Gasteiger partial charge in [0.2, 0.25) is 0 Å². The van der Waals surface area contributed by atoms with E-state index in [1.54, 1.807) is 0 Å². The fourth-order valence-electron chi connectivity index (χ4n) is 4.59. The van der Waals surface area contributed by atoms with Gasteiger partial charge < -0.3 is 11.5 Å². The van der Waals surface area contributed by atoms with Crippen molar-refractivity contribution in [2.45, 2.75) is 30.8 Å². The molecule has 4 rings (SSSR count). The average molecular weight is 575 g/mol. The van der Waals surface area contributed by atoms with E-state index >= 15 is 0 Å². The molecule has 0 spiro atoms. The van der Waals surface area contributed by atoms with E-state index in [0.29, 0.717) is 5.75 Å². The van der Waals surface area contributed by atoms with E-state index in [0.717, 1.165) is 29.5 Å². The van der Waals surface area contributed by atoms with E-state index in [1.807, 2.05) is 66.7 Å². The maximum absolute atomic E-state index is 11.1. The first-order valence-electron chi connectivity index (χ1n) is 13.2. The van der Waals surface area contributed by atoms with Gasteiger partial charge in [-0.15, -0.1) is 0 Å². The summed E-state index contributed by atoms with van der Waals surface area (Å²) in [6.07, 6.45) is 12.2. The van der Waals surface area contributed by atoms with Crippen LogP contribution in [-0.2, 0) is 16.5 Å². The van der Waals surface area contributed by atoms with Gasteiger partial charge in [0, 0.05) is 23.8 Å². The van der Waals surface area contributed by atoms with Gasteiger partial charge in [-0.3, -0.25) is 4.55 Å². The summed E-state index contributed by atoms with van der Waals surface area (Å²) in [4.78, 5) is 0. The van der Waals surface area contributed by atoms with Crippen molar-refractivity contribution in [2.24, 2.45) is 11.5 Å². The molecule has 0 amide bonds. The average Bonchev–Trinajstić information content (AvgIpc) is 3.23. The predicted molar refractivity (Wildman–Crippen MR) is 171 cm³/mol. The number of benzene rings is 3. The Labute approximate surface area is 244 Å². The van der Waals surface area contributed by atoms with Crippen LogP contribution in [0.5, 0.6) is 0 Å². The molecule has 2 atom stereocenters. The lowest BCUT2D eigenvalue weighted by Gasteiger charge is -2.24. The van der Waals surface area contributed by atoms with Crippen LogP contribution in [0.1, 0.15) is 34.6 Å². The van der Waals surface area contributed by atoms with Gasteiger partial charge in [0.25, 0.3) is 10.1 Å². The largest absolute Gasteiger partial charge is 0.327 e. The quantitative estimate of drug-likeness (QED) is 0.176. The summed E-state index contributed by atoms with van der Waals surface area (Å²) in [6, 6.07) is 26.8. The monoisotopic (exact) mass is 574 g/mol. The Morgan fingerprint density at radius 2 is 1.52 bits per heavy atom. The summed E-state index contributed by atoms with van der Waals surface area (Å²) >= 11 is 4.24. The Morgan fingerprint density at radius 1 is 0.900 bits per heavy atom. The predicted octanol–water partition coefficient (Wildman–Crippen LogP) is 5.98. The summed E-state index contributed by atoms with van der Waals surface area (Å²) in [5.74, 6) is -0.0489. The zero-order chi connectivity index (χ0) is 29.0. The van der Waals surface area contributed by atoms with Crippen LogP contribution in [0, 0.1) is 0 Å². The zero-order valence-corrected chi connectivity index (χ0v) is 24.2.